The van der Waals surface area contributed by atoms with Gasteiger partial charge in [-0.25, -0.2) is 4.79 Å². The van der Waals surface area contributed by atoms with E-state index in [2.05, 4.69) is 0 Å². The lowest BCUT2D eigenvalue weighted by molar-refractivity contribution is -0.183. The molecular weight excluding hydrogens is 213 g/mol. The van der Waals surface area contributed by atoms with Gasteiger partial charge < -0.3 is 20.0 Å². The van der Waals surface area contributed by atoms with E-state index < -0.39 is 24.8 Å². The molecule has 0 amide bonds. The number of rotatable bonds is 3. The Labute approximate surface area is 71.0 Å². The van der Waals surface area contributed by atoms with E-state index >= 15 is 0 Å². The Morgan fingerprint density at radius 2 is 1.69 bits per heavy atom. The van der Waals surface area contributed by atoms with Crippen LogP contribution in [0.3, 0.4) is 0 Å². The van der Waals surface area contributed by atoms with Crippen molar-refractivity contribution in [3.8, 4) is 0 Å². The van der Waals surface area contributed by atoms with Crippen LogP contribution < -0.4 is 0 Å². The molecule has 6 nitrogen and oxygen atoms in total. The summed E-state index contributed by atoms with van der Waals surface area (Å²) in [6.45, 7) is 0.106. The Hall–Kier alpha value is -0.560. The molecule has 0 aromatic heterocycles. The predicted octanol–water partition coefficient (Wildman–Crippen LogP) is -0.408. The van der Waals surface area contributed by atoms with Gasteiger partial charge in [-0.2, -0.15) is 8.78 Å². The van der Waals surface area contributed by atoms with Gasteiger partial charge in [-0.1, -0.05) is 0 Å². The van der Waals surface area contributed by atoms with Gasteiger partial charge in [0.1, 0.15) is 0 Å². The molecule has 0 aromatic carbocycles. The smallest absolute Gasteiger partial charge is 0.398 e. The summed E-state index contributed by atoms with van der Waals surface area (Å²) in [5, 5.41) is 16.7. The fraction of sp³-hybridized carbons (Fsp3) is 0.750. The molecule has 0 saturated carbocycles. The number of halogens is 2. The van der Waals surface area contributed by atoms with Gasteiger partial charge in [0.15, 0.2) is 0 Å². The molecule has 0 heterocycles. The van der Waals surface area contributed by atoms with Crippen molar-refractivity contribution in [2.45, 2.75) is 18.2 Å². The minimum atomic E-state index is -6.01. The lowest BCUT2D eigenvalue weighted by atomic mass is 10.1. The Morgan fingerprint density at radius 1 is 1.38 bits per heavy atom. The van der Waals surface area contributed by atoms with Crippen LogP contribution in [0.2, 0.25) is 0 Å². The minimum absolute atomic E-state index is 0.106. The van der Waals surface area contributed by atoms with Crippen molar-refractivity contribution in [2.75, 3.05) is 0 Å². The molecule has 4 N–H and O–H groups in total. The Morgan fingerprint density at radius 3 is 1.77 bits per heavy atom. The zero-order valence-electron chi connectivity index (χ0n) is 6.31. The minimum Gasteiger partial charge on any atom is -0.479 e. The van der Waals surface area contributed by atoms with Gasteiger partial charge in [0, 0.05) is 0 Å². The monoisotopic (exact) mass is 220 g/mol. The van der Waals surface area contributed by atoms with Crippen LogP contribution in [0.1, 0.15) is 6.92 Å². The first-order valence-electron chi connectivity index (χ1n) is 2.84. The van der Waals surface area contributed by atoms with E-state index in [1.165, 1.54) is 0 Å². The number of carboxylic acid groups (broad SMARTS) is 1. The van der Waals surface area contributed by atoms with Crippen molar-refractivity contribution in [2.24, 2.45) is 0 Å². The molecule has 0 rings (SSSR count). The second kappa shape index (κ2) is 2.98. The quantitative estimate of drug-likeness (QED) is 0.480. The van der Waals surface area contributed by atoms with Crippen molar-refractivity contribution >= 4 is 13.6 Å². The SMILES string of the molecule is CC(O)(C(=O)O)C(F)(F)P(=O)(O)O. The second-order valence-electron chi connectivity index (χ2n) is 2.46. The standard InChI is InChI=1S/C4H7F2O6P/c1-3(9,2(7)8)4(5,6)13(10,11)12/h9H,1H3,(H,7,8)(H2,10,11,12). The van der Waals surface area contributed by atoms with Crippen LogP contribution in [0.15, 0.2) is 0 Å². The van der Waals surface area contributed by atoms with Crippen LogP contribution in [0.5, 0.6) is 0 Å². The van der Waals surface area contributed by atoms with Gasteiger partial charge in [0.25, 0.3) is 0 Å². The number of aliphatic carboxylic acids is 1. The number of carboxylic acids is 1. The van der Waals surface area contributed by atoms with Gasteiger partial charge in [-0.15, -0.1) is 0 Å². The summed E-state index contributed by atoms with van der Waals surface area (Å²) in [6, 6.07) is 0. The molecule has 13 heavy (non-hydrogen) atoms. The van der Waals surface area contributed by atoms with Crippen LogP contribution in [-0.4, -0.2) is 37.2 Å². The number of hydrogen-bond acceptors (Lipinski definition) is 3. The average molecular weight is 220 g/mol. The van der Waals surface area contributed by atoms with Gasteiger partial charge in [0.2, 0.25) is 5.60 Å². The third-order valence-electron chi connectivity index (χ3n) is 1.37. The molecule has 0 aliphatic carbocycles. The summed E-state index contributed by atoms with van der Waals surface area (Å²) >= 11 is 0. The summed E-state index contributed by atoms with van der Waals surface area (Å²) < 4.78 is 35.3. The van der Waals surface area contributed by atoms with E-state index in [0.29, 0.717) is 0 Å². The van der Waals surface area contributed by atoms with Crippen LogP contribution >= 0.6 is 7.60 Å². The highest BCUT2D eigenvalue weighted by atomic mass is 31.2. The van der Waals surface area contributed by atoms with Crippen LogP contribution in [0, 0.1) is 0 Å². The van der Waals surface area contributed by atoms with Crippen LogP contribution in [0.4, 0.5) is 8.78 Å². The molecular formula is C4H7F2O6P. The van der Waals surface area contributed by atoms with Crippen molar-refractivity contribution in [3.05, 3.63) is 0 Å². The zero-order chi connectivity index (χ0) is 11.1. The summed E-state index contributed by atoms with van der Waals surface area (Å²) in [7, 11) is -6.01. The van der Waals surface area contributed by atoms with Crippen LogP contribution in [0.25, 0.3) is 0 Å². The number of carbonyl (C=O) groups is 1. The van der Waals surface area contributed by atoms with E-state index in [4.69, 9.17) is 20.0 Å². The van der Waals surface area contributed by atoms with E-state index in [0.717, 1.165) is 0 Å². The van der Waals surface area contributed by atoms with Gasteiger partial charge in [-0.05, 0) is 6.92 Å². The molecule has 0 bridgehead atoms. The van der Waals surface area contributed by atoms with Crippen molar-refractivity contribution in [3.63, 3.8) is 0 Å². The van der Waals surface area contributed by atoms with E-state index in [-0.39, 0.29) is 6.92 Å². The predicted molar refractivity (Wildman–Crippen MR) is 35.3 cm³/mol. The maximum absolute atomic E-state index is 12.6. The molecule has 0 spiro atoms. The maximum atomic E-state index is 12.6. The first kappa shape index (κ1) is 12.4. The van der Waals surface area contributed by atoms with Crippen molar-refractivity contribution < 1.29 is 38.1 Å². The highest BCUT2D eigenvalue weighted by Crippen LogP contribution is 2.58. The summed E-state index contributed by atoms with van der Waals surface area (Å²) in [4.78, 5) is 26.2. The molecule has 1 atom stereocenters. The van der Waals surface area contributed by atoms with E-state index in [1.54, 1.807) is 0 Å². The molecule has 1 unspecified atom stereocenters. The lowest BCUT2D eigenvalue weighted by Gasteiger charge is -2.28. The number of aliphatic hydroxyl groups is 1. The van der Waals surface area contributed by atoms with Crippen molar-refractivity contribution in [1.82, 2.24) is 0 Å². The highest BCUT2D eigenvalue weighted by molar-refractivity contribution is 7.53. The third-order valence-corrected chi connectivity index (χ3v) is 2.54. The Bertz CT molecular complexity index is 268. The Balaban J connectivity index is 5.29. The molecule has 0 fully saturated rings. The number of hydrogen-bond donors (Lipinski definition) is 4. The van der Waals surface area contributed by atoms with Crippen molar-refractivity contribution in [1.29, 1.82) is 0 Å². The molecule has 78 valence electrons. The summed E-state index contributed by atoms with van der Waals surface area (Å²) in [6.07, 6.45) is 0. The molecule has 9 heteroatoms. The molecule has 0 saturated heterocycles. The molecule has 0 aliphatic rings. The second-order valence-corrected chi connectivity index (χ2v) is 4.11. The maximum Gasteiger partial charge on any atom is 0.398 e. The molecule has 0 aliphatic heterocycles. The highest BCUT2D eigenvalue weighted by Gasteiger charge is 2.66. The molecule has 0 radical (unpaired) electrons. The van der Waals surface area contributed by atoms with Gasteiger partial charge >= 0.3 is 19.2 Å². The third kappa shape index (κ3) is 1.86. The average Bonchev–Trinajstić information content (AvgIpc) is 1.84. The number of alkyl halides is 2. The van der Waals surface area contributed by atoms with Gasteiger partial charge in [0.05, 0.1) is 0 Å². The van der Waals surface area contributed by atoms with Gasteiger partial charge in [-0.3, -0.25) is 4.57 Å². The van der Waals surface area contributed by atoms with E-state index in [9.17, 15) is 18.1 Å². The Kier molecular flexibility index (Phi) is 2.86. The fourth-order valence-corrected chi connectivity index (χ4v) is 1.08. The fourth-order valence-electron chi connectivity index (χ4n) is 0.412. The molecule has 0 aromatic rings. The lowest BCUT2D eigenvalue weighted by Crippen LogP contribution is -2.51. The van der Waals surface area contributed by atoms with Crippen LogP contribution in [-0.2, 0) is 9.36 Å². The summed E-state index contributed by atoms with van der Waals surface area (Å²) in [5.74, 6) is -2.42. The normalized spacial score (nSPS) is 18.0. The largest absolute Gasteiger partial charge is 0.479 e. The first-order chi connectivity index (χ1) is 5.44. The zero-order valence-corrected chi connectivity index (χ0v) is 7.20. The van der Waals surface area contributed by atoms with E-state index in [1.807, 2.05) is 0 Å². The summed E-state index contributed by atoms with van der Waals surface area (Å²) in [5.41, 5.74) is -8.82. The first-order valence-corrected chi connectivity index (χ1v) is 4.45. The topological polar surface area (TPSA) is 115 Å².